The van der Waals surface area contributed by atoms with Gasteiger partial charge in [0, 0.05) is 31.7 Å². The summed E-state index contributed by atoms with van der Waals surface area (Å²) in [4.78, 5) is 28.3. The molecule has 1 fully saturated rings. The van der Waals surface area contributed by atoms with Gasteiger partial charge >= 0.3 is 6.03 Å². The molecule has 0 unspecified atom stereocenters. The molecule has 26 heavy (non-hydrogen) atoms. The van der Waals surface area contributed by atoms with Crippen LogP contribution in [0.1, 0.15) is 42.5 Å². The van der Waals surface area contributed by atoms with Crippen LogP contribution in [-0.4, -0.2) is 23.4 Å². The summed E-state index contributed by atoms with van der Waals surface area (Å²) in [7, 11) is 0. The fourth-order valence-corrected chi connectivity index (χ4v) is 3.72. The quantitative estimate of drug-likeness (QED) is 0.920. The summed E-state index contributed by atoms with van der Waals surface area (Å²) in [5.74, 6) is 0.175. The molecular weight excluding hydrogens is 326 g/mol. The van der Waals surface area contributed by atoms with Crippen LogP contribution in [0.15, 0.2) is 48.5 Å². The van der Waals surface area contributed by atoms with Crippen molar-refractivity contribution in [1.82, 2.24) is 10.2 Å². The van der Waals surface area contributed by atoms with Crippen molar-refractivity contribution >= 4 is 17.6 Å². The third-order valence-corrected chi connectivity index (χ3v) is 5.22. The number of carbonyl (C=O) groups excluding carboxylic acids is 2. The Balaban J connectivity index is 1.43. The molecule has 0 spiro atoms. The fourth-order valence-electron chi connectivity index (χ4n) is 3.72. The van der Waals surface area contributed by atoms with E-state index in [-0.39, 0.29) is 18.0 Å². The van der Waals surface area contributed by atoms with E-state index in [2.05, 4.69) is 17.4 Å². The lowest BCUT2D eigenvalue weighted by Crippen LogP contribution is -2.37. The molecule has 3 amide bonds. The van der Waals surface area contributed by atoms with E-state index in [9.17, 15) is 9.59 Å². The van der Waals surface area contributed by atoms with Gasteiger partial charge in [0.15, 0.2) is 0 Å². The van der Waals surface area contributed by atoms with Crippen molar-refractivity contribution in [2.75, 3.05) is 11.4 Å². The first-order valence-corrected chi connectivity index (χ1v) is 9.14. The van der Waals surface area contributed by atoms with Gasteiger partial charge in [0.25, 0.3) is 0 Å². The monoisotopic (exact) mass is 349 g/mol. The van der Waals surface area contributed by atoms with Gasteiger partial charge in [-0.3, -0.25) is 4.79 Å². The molecule has 5 nitrogen and oxygen atoms in total. The Hall–Kier alpha value is -2.82. The van der Waals surface area contributed by atoms with E-state index in [0.717, 1.165) is 24.2 Å². The number of benzene rings is 2. The van der Waals surface area contributed by atoms with Crippen LogP contribution in [0.2, 0.25) is 0 Å². The topological polar surface area (TPSA) is 52.7 Å². The molecule has 2 heterocycles. The molecule has 2 aromatic carbocycles. The molecule has 4 rings (SSSR count). The Kier molecular flexibility index (Phi) is 4.37. The summed E-state index contributed by atoms with van der Waals surface area (Å²) in [6.45, 7) is 4.05. The number of fused-ring (bicyclic) bond motifs is 1. The standard InChI is InChI=1S/C21H23N3O2/c1-15(16-8-4-9-19(12-16)24-11-5-10-20(24)25)22-21(26)23-13-17-6-2-3-7-18(17)14-23/h2-4,6-9,12,15H,5,10-11,13-14H2,1H3,(H,22,26)/t15-/m1/s1. The van der Waals surface area contributed by atoms with Crippen LogP contribution < -0.4 is 10.2 Å². The Morgan fingerprint density at radius 3 is 2.46 bits per heavy atom. The zero-order chi connectivity index (χ0) is 18.1. The first-order chi connectivity index (χ1) is 12.6. The summed E-state index contributed by atoms with van der Waals surface area (Å²) >= 11 is 0. The molecule has 0 aliphatic carbocycles. The molecule has 0 saturated carbocycles. The minimum Gasteiger partial charge on any atom is -0.331 e. The van der Waals surface area contributed by atoms with Crippen LogP contribution in [0.4, 0.5) is 10.5 Å². The molecular formula is C21H23N3O2. The van der Waals surface area contributed by atoms with Crippen LogP contribution in [0, 0.1) is 0 Å². The normalized spacial score (nSPS) is 17.3. The van der Waals surface area contributed by atoms with E-state index >= 15 is 0 Å². The average molecular weight is 349 g/mol. The highest BCUT2D eigenvalue weighted by Crippen LogP contribution is 2.26. The third-order valence-electron chi connectivity index (χ3n) is 5.22. The first kappa shape index (κ1) is 16.6. The number of urea groups is 1. The summed E-state index contributed by atoms with van der Waals surface area (Å²) < 4.78 is 0. The van der Waals surface area contributed by atoms with E-state index in [0.29, 0.717) is 19.5 Å². The maximum atomic E-state index is 12.6. The van der Waals surface area contributed by atoms with Gasteiger partial charge in [-0.15, -0.1) is 0 Å². The Morgan fingerprint density at radius 2 is 1.81 bits per heavy atom. The second kappa shape index (κ2) is 6.83. The minimum absolute atomic E-state index is 0.0589. The number of rotatable bonds is 3. The van der Waals surface area contributed by atoms with Crippen molar-refractivity contribution in [1.29, 1.82) is 0 Å². The smallest absolute Gasteiger partial charge is 0.318 e. The predicted octanol–water partition coefficient (Wildman–Crippen LogP) is 3.60. The number of hydrogen-bond acceptors (Lipinski definition) is 2. The summed E-state index contributed by atoms with van der Waals surface area (Å²) in [6, 6.07) is 15.9. The van der Waals surface area contributed by atoms with Crippen molar-refractivity contribution < 1.29 is 9.59 Å². The summed E-state index contributed by atoms with van der Waals surface area (Å²) in [5, 5.41) is 3.09. The molecule has 0 bridgehead atoms. The third kappa shape index (κ3) is 3.17. The zero-order valence-electron chi connectivity index (χ0n) is 14.9. The molecule has 5 heteroatoms. The number of carbonyl (C=O) groups is 2. The number of amides is 3. The van der Waals surface area contributed by atoms with Gasteiger partial charge in [0.1, 0.15) is 0 Å². The molecule has 0 radical (unpaired) electrons. The number of hydrogen-bond donors (Lipinski definition) is 1. The van der Waals surface area contributed by atoms with Crippen molar-refractivity contribution in [3.05, 3.63) is 65.2 Å². The van der Waals surface area contributed by atoms with E-state index in [1.54, 1.807) is 0 Å². The van der Waals surface area contributed by atoms with Crippen molar-refractivity contribution in [2.45, 2.75) is 38.9 Å². The van der Waals surface area contributed by atoms with Crippen LogP contribution in [-0.2, 0) is 17.9 Å². The van der Waals surface area contributed by atoms with Gasteiger partial charge in [-0.2, -0.15) is 0 Å². The number of nitrogens with zero attached hydrogens (tertiary/aromatic N) is 2. The largest absolute Gasteiger partial charge is 0.331 e. The molecule has 0 aromatic heterocycles. The van der Waals surface area contributed by atoms with Gasteiger partial charge in [0.2, 0.25) is 5.91 Å². The van der Waals surface area contributed by atoms with E-state index < -0.39 is 0 Å². The first-order valence-electron chi connectivity index (χ1n) is 9.14. The summed E-state index contributed by atoms with van der Waals surface area (Å²) in [5.41, 5.74) is 4.35. The average Bonchev–Trinajstić information content (AvgIpc) is 3.27. The van der Waals surface area contributed by atoms with E-state index in [4.69, 9.17) is 0 Å². The zero-order valence-corrected chi connectivity index (χ0v) is 14.9. The highest BCUT2D eigenvalue weighted by Gasteiger charge is 2.25. The molecule has 1 atom stereocenters. The van der Waals surface area contributed by atoms with Gasteiger partial charge in [-0.05, 0) is 42.2 Å². The highest BCUT2D eigenvalue weighted by molar-refractivity contribution is 5.95. The Bertz CT molecular complexity index is 824. The van der Waals surface area contributed by atoms with Crippen LogP contribution in [0.5, 0.6) is 0 Å². The molecule has 1 N–H and O–H groups in total. The minimum atomic E-state index is -0.121. The van der Waals surface area contributed by atoms with Gasteiger partial charge in [0.05, 0.1) is 6.04 Å². The van der Waals surface area contributed by atoms with Gasteiger partial charge < -0.3 is 15.1 Å². The number of nitrogens with one attached hydrogen (secondary N) is 1. The van der Waals surface area contributed by atoms with Crippen LogP contribution in [0.25, 0.3) is 0 Å². The molecule has 2 aliphatic rings. The van der Waals surface area contributed by atoms with Crippen LogP contribution >= 0.6 is 0 Å². The van der Waals surface area contributed by atoms with Gasteiger partial charge in [-0.25, -0.2) is 4.79 Å². The molecule has 2 aromatic rings. The molecule has 134 valence electrons. The fraction of sp³-hybridized carbons (Fsp3) is 0.333. The Labute approximate surface area is 153 Å². The maximum absolute atomic E-state index is 12.6. The van der Waals surface area contributed by atoms with Crippen LogP contribution in [0.3, 0.4) is 0 Å². The van der Waals surface area contributed by atoms with Crippen molar-refractivity contribution in [3.63, 3.8) is 0 Å². The van der Waals surface area contributed by atoms with Crippen molar-refractivity contribution in [2.24, 2.45) is 0 Å². The summed E-state index contributed by atoms with van der Waals surface area (Å²) in [6.07, 6.45) is 1.52. The lowest BCUT2D eigenvalue weighted by Gasteiger charge is -2.22. The predicted molar refractivity (Wildman–Crippen MR) is 101 cm³/mol. The van der Waals surface area contributed by atoms with E-state index in [1.807, 2.05) is 53.1 Å². The lowest BCUT2D eigenvalue weighted by atomic mass is 10.1. The SMILES string of the molecule is C[C@@H](NC(=O)N1Cc2ccccc2C1)c1cccc(N2CCCC2=O)c1. The number of anilines is 1. The molecule has 2 aliphatic heterocycles. The maximum Gasteiger partial charge on any atom is 0.318 e. The second-order valence-electron chi connectivity index (χ2n) is 7.04. The van der Waals surface area contributed by atoms with E-state index in [1.165, 1.54) is 11.1 Å². The Morgan fingerprint density at radius 1 is 1.08 bits per heavy atom. The molecule has 1 saturated heterocycles. The lowest BCUT2D eigenvalue weighted by molar-refractivity contribution is -0.117. The van der Waals surface area contributed by atoms with Gasteiger partial charge in [-0.1, -0.05) is 36.4 Å². The van der Waals surface area contributed by atoms with Crippen molar-refractivity contribution in [3.8, 4) is 0 Å². The highest BCUT2D eigenvalue weighted by atomic mass is 16.2. The second-order valence-corrected chi connectivity index (χ2v) is 7.04.